The minimum absolute atomic E-state index is 0.608. The Kier molecular flexibility index (Phi) is 3.09. The van der Waals surface area contributed by atoms with Crippen LogP contribution in [-0.4, -0.2) is 4.98 Å². The van der Waals surface area contributed by atoms with E-state index in [0.29, 0.717) is 6.61 Å². The minimum atomic E-state index is 0.608. The summed E-state index contributed by atoms with van der Waals surface area (Å²) in [5.74, 6) is 0.921. The van der Waals surface area contributed by atoms with Crippen LogP contribution in [-0.2, 0) is 13.2 Å². The van der Waals surface area contributed by atoms with Gasteiger partial charge < -0.3 is 10.1 Å². The summed E-state index contributed by atoms with van der Waals surface area (Å²) >= 11 is 1.67. The monoisotopic (exact) mass is 294 g/mol. The van der Waals surface area contributed by atoms with Gasteiger partial charge >= 0.3 is 0 Å². The topological polar surface area (TPSA) is 34.2 Å². The predicted molar refractivity (Wildman–Crippen MR) is 85.7 cm³/mol. The zero-order valence-electron chi connectivity index (χ0n) is 11.4. The maximum absolute atomic E-state index is 5.77. The Morgan fingerprint density at radius 1 is 1.05 bits per heavy atom. The van der Waals surface area contributed by atoms with Crippen molar-refractivity contribution in [3.63, 3.8) is 0 Å². The average Bonchev–Trinajstić information content (AvgIpc) is 2.97. The number of hydrogen-bond donors (Lipinski definition) is 1. The number of hydrogen-bond acceptors (Lipinski definition) is 4. The highest BCUT2D eigenvalue weighted by molar-refractivity contribution is 7.16. The van der Waals surface area contributed by atoms with Gasteiger partial charge in [0, 0.05) is 12.1 Å². The number of benzene rings is 2. The number of aromatic nitrogens is 1. The zero-order chi connectivity index (χ0) is 14.1. The molecule has 1 aromatic heterocycles. The van der Waals surface area contributed by atoms with Gasteiger partial charge in [-0.15, -0.1) is 0 Å². The van der Waals surface area contributed by atoms with Gasteiger partial charge in [0.05, 0.1) is 10.6 Å². The number of para-hydroxylation sites is 1. The summed E-state index contributed by atoms with van der Waals surface area (Å²) < 4.78 is 5.77. The van der Waals surface area contributed by atoms with E-state index in [0.717, 1.165) is 28.7 Å². The van der Waals surface area contributed by atoms with Crippen molar-refractivity contribution in [1.29, 1.82) is 0 Å². The summed E-state index contributed by atoms with van der Waals surface area (Å²) in [6.45, 7) is 1.40. The lowest BCUT2D eigenvalue weighted by atomic mass is 10.1. The van der Waals surface area contributed by atoms with Gasteiger partial charge in [0.25, 0.3) is 0 Å². The number of nitrogens with zero attached hydrogens (tertiary/aromatic N) is 1. The van der Waals surface area contributed by atoms with E-state index in [-0.39, 0.29) is 0 Å². The standard InChI is InChI=1S/C17H14N2OS/c1-2-6-12(7-3-1)10-18-17-19-16-13-8-4-5-9-14(13)20-11-15(16)21-17/h1-9H,10-11H2,(H,18,19). The van der Waals surface area contributed by atoms with Crippen molar-refractivity contribution in [2.24, 2.45) is 0 Å². The second kappa shape index (κ2) is 5.22. The summed E-state index contributed by atoms with van der Waals surface area (Å²) in [4.78, 5) is 5.92. The molecule has 0 saturated carbocycles. The van der Waals surface area contributed by atoms with Crippen molar-refractivity contribution in [2.75, 3.05) is 5.32 Å². The molecule has 0 bridgehead atoms. The molecule has 2 aromatic carbocycles. The first-order valence-electron chi connectivity index (χ1n) is 6.90. The molecule has 0 saturated heterocycles. The Labute approximate surface area is 127 Å². The van der Waals surface area contributed by atoms with Crippen LogP contribution in [0.2, 0.25) is 0 Å². The summed E-state index contributed by atoms with van der Waals surface area (Å²) in [6, 6.07) is 18.4. The molecule has 1 aliphatic rings. The van der Waals surface area contributed by atoms with Crippen molar-refractivity contribution in [1.82, 2.24) is 4.98 Å². The molecule has 0 aliphatic carbocycles. The molecule has 21 heavy (non-hydrogen) atoms. The Morgan fingerprint density at radius 3 is 2.76 bits per heavy atom. The molecule has 3 nitrogen and oxygen atoms in total. The molecule has 1 N–H and O–H groups in total. The zero-order valence-corrected chi connectivity index (χ0v) is 12.2. The van der Waals surface area contributed by atoms with Gasteiger partial charge in [0.1, 0.15) is 12.4 Å². The Hall–Kier alpha value is -2.33. The molecule has 0 amide bonds. The van der Waals surface area contributed by atoms with Gasteiger partial charge in [-0.3, -0.25) is 0 Å². The Balaban J connectivity index is 1.59. The van der Waals surface area contributed by atoms with Crippen LogP contribution >= 0.6 is 11.3 Å². The van der Waals surface area contributed by atoms with Gasteiger partial charge in [0.15, 0.2) is 5.13 Å². The lowest BCUT2D eigenvalue weighted by Gasteiger charge is -2.15. The van der Waals surface area contributed by atoms with Crippen molar-refractivity contribution in [2.45, 2.75) is 13.2 Å². The molecule has 2 heterocycles. The maximum atomic E-state index is 5.77. The van der Waals surface area contributed by atoms with E-state index >= 15 is 0 Å². The number of fused-ring (bicyclic) bond motifs is 3. The van der Waals surface area contributed by atoms with E-state index in [1.54, 1.807) is 11.3 Å². The van der Waals surface area contributed by atoms with E-state index in [9.17, 15) is 0 Å². The first kappa shape index (κ1) is 12.4. The second-order valence-electron chi connectivity index (χ2n) is 4.91. The van der Waals surface area contributed by atoms with Gasteiger partial charge in [-0.2, -0.15) is 0 Å². The van der Waals surface area contributed by atoms with Crippen LogP contribution in [0, 0.1) is 0 Å². The van der Waals surface area contributed by atoms with Crippen LogP contribution in [0.5, 0.6) is 5.75 Å². The highest BCUT2D eigenvalue weighted by atomic mass is 32.1. The predicted octanol–water partition coefficient (Wildman–Crippen LogP) is 4.31. The molecule has 0 radical (unpaired) electrons. The molecule has 1 aliphatic heterocycles. The van der Waals surface area contributed by atoms with Crippen LogP contribution in [0.1, 0.15) is 10.4 Å². The minimum Gasteiger partial charge on any atom is -0.487 e. The van der Waals surface area contributed by atoms with Crippen LogP contribution < -0.4 is 10.1 Å². The highest BCUT2D eigenvalue weighted by Gasteiger charge is 2.21. The third-order valence-corrected chi connectivity index (χ3v) is 4.47. The normalized spacial score (nSPS) is 12.2. The molecule has 0 unspecified atom stereocenters. The fourth-order valence-electron chi connectivity index (χ4n) is 2.44. The SMILES string of the molecule is c1ccc(CNc2nc3c(s2)COc2ccccc2-3)cc1. The van der Waals surface area contributed by atoms with Crippen LogP contribution in [0.4, 0.5) is 5.13 Å². The summed E-state index contributed by atoms with van der Waals surface area (Å²) in [6.07, 6.45) is 0. The van der Waals surface area contributed by atoms with Crippen LogP contribution in [0.15, 0.2) is 54.6 Å². The third kappa shape index (κ3) is 2.38. The molecular weight excluding hydrogens is 280 g/mol. The molecule has 104 valence electrons. The maximum Gasteiger partial charge on any atom is 0.183 e. The summed E-state index contributed by atoms with van der Waals surface area (Å²) in [7, 11) is 0. The Bertz CT molecular complexity index is 767. The summed E-state index contributed by atoms with van der Waals surface area (Å²) in [5, 5.41) is 4.35. The highest BCUT2D eigenvalue weighted by Crippen LogP contribution is 2.40. The number of thiazole rings is 1. The number of rotatable bonds is 3. The lowest BCUT2D eigenvalue weighted by Crippen LogP contribution is -2.02. The van der Waals surface area contributed by atoms with Crippen LogP contribution in [0.3, 0.4) is 0 Å². The quantitative estimate of drug-likeness (QED) is 0.781. The Morgan fingerprint density at radius 2 is 1.86 bits per heavy atom. The molecule has 4 heteroatoms. The number of anilines is 1. The molecule has 0 spiro atoms. The van der Waals surface area contributed by atoms with Crippen molar-refractivity contribution in [3.8, 4) is 17.0 Å². The second-order valence-corrected chi connectivity index (χ2v) is 6.00. The number of nitrogens with one attached hydrogen (secondary N) is 1. The van der Waals surface area contributed by atoms with Crippen LogP contribution in [0.25, 0.3) is 11.3 Å². The van der Waals surface area contributed by atoms with E-state index in [1.165, 1.54) is 10.4 Å². The average molecular weight is 294 g/mol. The number of ether oxygens (including phenoxy) is 1. The van der Waals surface area contributed by atoms with E-state index in [2.05, 4.69) is 23.5 Å². The van der Waals surface area contributed by atoms with Crippen molar-refractivity contribution < 1.29 is 4.74 Å². The first-order valence-corrected chi connectivity index (χ1v) is 7.71. The van der Waals surface area contributed by atoms with Gasteiger partial charge in [-0.25, -0.2) is 4.98 Å². The molecule has 3 aromatic rings. The smallest absolute Gasteiger partial charge is 0.183 e. The molecular formula is C17H14N2OS. The fourth-order valence-corrected chi connectivity index (χ4v) is 3.33. The lowest BCUT2D eigenvalue weighted by molar-refractivity contribution is 0.305. The van der Waals surface area contributed by atoms with E-state index in [1.807, 2.05) is 36.4 Å². The van der Waals surface area contributed by atoms with Gasteiger partial charge in [0.2, 0.25) is 0 Å². The summed E-state index contributed by atoms with van der Waals surface area (Å²) in [5.41, 5.74) is 3.39. The van der Waals surface area contributed by atoms with Crippen molar-refractivity contribution in [3.05, 3.63) is 65.0 Å². The van der Waals surface area contributed by atoms with Gasteiger partial charge in [-0.1, -0.05) is 53.8 Å². The first-order chi connectivity index (χ1) is 10.4. The molecule has 4 rings (SSSR count). The molecule has 0 fully saturated rings. The van der Waals surface area contributed by atoms with Crippen molar-refractivity contribution >= 4 is 16.5 Å². The third-order valence-electron chi connectivity index (χ3n) is 3.48. The van der Waals surface area contributed by atoms with Gasteiger partial charge in [-0.05, 0) is 17.7 Å². The molecule has 0 atom stereocenters. The van der Waals surface area contributed by atoms with E-state index in [4.69, 9.17) is 9.72 Å². The van der Waals surface area contributed by atoms with E-state index < -0.39 is 0 Å². The fraction of sp³-hybridized carbons (Fsp3) is 0.118. The largest absolute Gasteiger partial charge is 0.487 e.